The number of hydroxylamine groups is 2. The van der Waals surface area contributed by atoms with Crippen molar-refractivity contribution in [1.82, 2.24) is 5.06 Å². The zero-order chi connectivity index (χ0) is 15.9. The van der Waals surface area contributed by atoms with Gasteiger partial charge in [-0.1, -0.05) is 0 Å². The molecule has 0 saturated heterocycles. The fourth-order valence-electron chi connectivity index (χ4n) is 2.33. The van der Waals surface area contributed by atoms with Crippen molar-refractivity contribution >= 4 is 11.6 Å². The van der Waals surface area contributed by atoms with Gasteiger partial charge in [-0.2, -0.15) is 0 Å². The van der Waals surface area contributed by atoms with Crippen LogP contribution in [0.1, 0.15) is 32.4 Å². The molecule has 0 fully saturated rings. The summed E-state index contributed by atoms with van der Waals surface area (Å²) in [5.41, 5.74) is -1.09. The molecule has 0 bridgehead atoms. The van der Waals surface area contributed by atoms with E-state index in [1.165, 1.54) is 18.2 Å². The normalized spacial score (nSPS) is 22.9. The Balaban J connectivity index is 2.60. The van der Waals surface area contributed by atoms with Crippen LogP contribution in [-0.2, 0) is 4.79 Å². The monoisotopic (exact) mass is 296 g/mol. The summed E-state index contributed by atoms with van der Waals surface area (Å²) in [4.78, 5) is 21.7. The van der Waals surface area contributed by atoms with Crippen molar-refractivity contribution in [3.05, 3.63) is 33.9 Å². The van der Waals surface area contributed by atoms with E-state index >= 15 is 0 Å². The highest BCUT2D eigenvalue weighted by atomic mass is 16.6. The van der Waals surface area contributed by atoms with Gasteiger partial charge in [0, 0.05) is 24.6 Å². The molecular formula is C13H16N2O6. The third-order valence-corrected chi connectivity index (χ3v) is 3.49. The molecule has 0 aliphatic carbocycles. The lowest BCUT2D eigenvalue weighted by Gasteiger charge is -2.43. The zero-order valence-electron chi connectivity index (χ0n) is 11.8. The minimum atomic E-state index is -1.25. The van der Waals surface area contributed by atoms with Crippen LogP contribution in [0.5, 0.6) is 5.75 Å². The van der Waals surface area contributed by atoms with Crippen LogP contribution in [0, 0.1) is 10.1 Å². The summed E-state index contributed by atoms with van der Waals surface area (Å²) in [7, 11) is 0. The number of nitro groups is 1. The van der Waals surface area contributed by atoms with Crippen LogP contribution in [-0.4, -0.2) is 37.9 Å². The fourth-order valence-corrected chi connectivity index (χ4v) is 2.33. The van der Waals surface area contributed by atoms with Crippen LogP contribution in [0.25, 0.3) is 0 Å². The predicted octanol–water partition coefficient (Wildman–Crippen LogP) is 1.41. The number of amides is 1. The number of carbonyl (C=O) groups excluding carboxylic acids is 1. The van der Waals surface area contributed by atoms with Gasteiger partial charge in [-0.3, -0.25) is 20.1 Å². The molecule has 1 aromatic carbocycles. The van der Waals surface area contributed by atoms with E-state index in [1.807, 2.05) is 0 Å². The standard InChI is InChI=1S/C13H16N2O6/c1-7(16)14(18)11-9-6-8(15(19)20)4-5-10(9)21-13(2,3)12(11)17/h4-6,11-12,17-18H,1-3H3/t11-,12+/m0/s1. The van der Waals surface area contributed by atoms with E-state index in [4.69, 9.17) is 4.74 Å². The van der Waals surface area contributed by atoms with Gasteiger partial charge in [-0.15, -0.1) is 0 Å². The molecule has 21 heavy (non-hydrogen) atoms. The Kier molecular flexibility index (Phi) is 3.60. The molecule has 8 nitrogen and oxygen atoms in total. The van der Waals surface area contributed by atoms with Gasteiger partial charge in [0.15, 0.2) is 0 Å². The van der Waals surface area contributed by atoms with E-state index in [9.17, 15) is 25.2 Å². The molecule has 1 aromatic rings. The van der Waals surface area contributed by atoms with Gasteiger partial charge >= 0.3 is 0 Å². The lowest BCUT2D eigenvalue weighted by molar-refractivity contribution is -0.385. The van der Waals surface area contributed by atoms with Gasteiger partial charge in [0.25, 0.3) is 5.69 Å². The number of aliphatic hydroxyl groups is 1. The molecule has 1 aliphatic heterocycles. The average Bonchev–Trinajstić information content (AvgIpc) is 2.38. The fraction of sp³-hybridized carbons (Fsp3) is 0.462. The van der Waals surface area contributed by atoms with Gasteiger partial charge in [0.2, 0.25) is 5.91 Å². The maximum absolute atomic E-state index is 11.4. The van der Waals surface area contributed by atoms with Gasteiger partial charge in [0.05, 0.1) is 4.92 Å². The first kappa shape index (κ1) is 15.2. The number of nitro benzene ring substituents is 1. The summed E-state index contributed by atoms with van der Waals surface area (Å²) in [6, 6.07) is 2.70. The number of rotatable bonds is 2. The topological polar surface area (TPSA) is 113 Å². The van der Waals surface area contributed by atoms with Crippen LogP contribution in [0.3, 0.4) is 0 Å². The number of non-ortho nitro benzene ring substituents is 1. The molecule has 2 N–H and O–H groups in total. The molecule has 114 valence electrons. The summed E-state index contributed by atoms with van der Waals surface area (Å²) < 4.78 is 5.60. The molecular weight excluding hydrogens is 280 g/mol. The van der Waals surface area contributed by atoms with E-state index in [2.05, 4.69) is 0 Å². The smallest absolute Gasteiger partial charge is 0.270 e. The first-order valence-corrected chi connectivity index (χ1v) is 6.29. The summed E-state index contributed by atoms with van der Waals surface area (Å²) >= 11 is 0. The van der Waals surface area contributed by atoms with Crippen LogP contribution in [0.2, 0.25) is 0 Å². The lowest BCUT2D eigenvalue weighted by atomic mass is 9.86. The lowest BCUT2D eigenvalue weighted by Crippen LogP contribution is -2.53. The Morgan fingerprint density at radius 3 is 2.62 bits per heavy atom. The summed E-state index contributed by atoms with van der Waals surface area (Å²) in [6.07, 6.45) is -1.25. The van der Waals surface area contributed by atoms with Crippen molar-refractivity contribution in [2.45, 2.75) is 38.5 Å². The van der Waals surface area contributed by atoms with Crippen LogP contribution in [0.15, 0.2) is 18.2 Å². The van der Waals surface area contributed by atoms with Crippen molar-refractivity contribution in [1.29, 1.82) is 0 Å². The van der Waals surface area contributed by atoms with Gasteiger partial charge < -0.3 is 9.84 Å². The van der Waals surface area contributed by atoms with E-state index < -0.39 is 28.6 Å². The molecule has 0 saturated carbocycles. The molecule has 0 spiro atoms. The van der Waals surface area contributed by atoms with Crippen LogP contribution < -0.4 is 4.74 Å². The molecule has 8 heteroatoms. The molecule has 0 aromatic heterocycles. The van der Waals surface area contributed by atoms with Gasteiger partial charge in [-0.25, -0.2) is 5.06 Å². The highest BCUT2D eigenvalue weighted by Gasteiger charge is 2.46. The second kappa shape index (κ2) is 4.97. The summed E-state index contributed by atoms with van der Waals surface area (Å²) in [5, 5.41) is 31.5. The minimum absolute atomic E-state index is 0.189. The van der Waals surface area contributed by atoms with Crippen molar-refractivity contribution in [2.24, 2.45) is 0 Å². The van der Waals surface area contributed by atoms with Crippen molar-refractivity contribution < 1.29 is 24.8 Å². The molecule has 2 atom stereocenters. The highest BCUT2D eigenvalue weighted by Crippen LogP contribution is 2.43. The van der Waals surface area contributed by atoms with Crippen molar-refractivity contribution in [3.63, 3.8) is 0 Å². The quantitative estimate of drug-likeness (QED) is 0.484. The number of ether oxygens (including phenoxy) is 1. The van der Waals surface area contributed by atoms with E-state index in [1.54, 1.807) is 13.8 Å². The van der Waals surface area contributed by atoms with Gasteiger partial charge in [-0.05, 0) is 19.9 Å². The Morgan fingerprint density at radius 2 is 2.10 bits per heavy atom. The first-order chi connectivity index (χ1) is 9.65. The second-order valence-corrected chi connectivity index (χ2v) is 5.44. The minimum Gasteiger partial charge on any atom is -0.485 e. The number of carbonyl (C=O) groups is 1. The average molecular weight is 296 g/mol. The third kappa shape index (κ3) is 2.55. The second-order valence-electron chi connectivity index (χ2n) is 5.44. The highest BCUT2D eigenvalue weighted by molar-refractivity contribution is 5.73. The number of hydrogen-bond acceptors (Lipinski definition) is 6. The number of benzene rings is 1. The maximum Gasteiger partial charge on any atom is 0.270 e. The predicted molar refractivity (Wildman–Crippen MR) is 70.9 cm³/mol. The van der Waals surface area contributed by atoms with Crippen molar-refractivity contribution in [2.75, 3.05) is 0 Å². The summed E-state index contributed by atoms with van der Waals surface area (Å²) in [5.74, 6) is -0.407. The largest absolute Gasteiger partial charge is 0.485 e. The molecule has 1 amide bonds. The molecule has 2 rings (SSSR count). The molecule has 1 aliphatic rings. The van der Waals surface area contributed by atoms with Crippen LogP contribution in [0.4, 0.5) is 5.69 Å². The van der Waals surface area contributed by atoms with Crippen LogP contribution >= 0.6 is 0 Å². The summed E-state index contributed by atoms with van der Waals surface area (Å²) in [6.45, 7) is 4.33. The molecule has 0 radical (unpaired) electrons. The number of hydrogen-bond donors (Lipinski definition) is 2. The van der Waals surface area contributed by atoms with E-state index in [-0.39, 0.29) is 17.0 Å². The van der Waals surface area contributed by atoms with Crippen molar-refractivity contribution in [3.8, 4) is 5.75 Å². The maximum atomic E-state index is 11.4. The first-order valence-electron chi connectivity index (χ1n) is 6.29. The van der Waals surface area contributed by atoms with Gasteiger partial charge in [0.1, 0.15) is 23.5 Å². The SMILES string of the molecule is CC(=O)N(O)[C@H]1c2cc([N+](=O)[O-])ccc2OC(C)(C)[C@@H]1O. The Labute approximate surface area is 120 Å². The van der Waals surface area contributed by atoms with E-state index in [0.29, 0.717) is 5.06 Å². The number of aliphatic hydroxyl groups excluding tert-OH is 1. The molecule has 1 heterocycles. The third-order valence-electron chi connectivity index (χ3n) is 3.49. The number of fused-ring (bicyclic) bond motifs is 1. The Bertz CT molecular complexity index is 600. The van der Waals surface area contributed by atoms with E-state index in [0.717, 1.165) is 6.92 Å². The Hall–Kier alpha value is -2.19. The Morgan fingerprint density at radius 1 is 1.48 bits per heavy atom. The zero-order valence-corrected chi connectivity index (χ0v) is 11.8. The number of nitrogens with zero attached hydrogens (tertiary/aromatic N) is 2. The molecule has 0 unspecified atom stereocenters.